The Morgan fingerprint density at radius 3 is 2.67 bits per heavy atom. The molecule has 2 aromatic heterocycles. The van der Waals surface area contributed by atoms with Crippen molar-refractivity contribution in [3.63, 3.8) is 0 Å². The van der Waals surface area contributed by atoms with Gasteiger partial charge in [-0.3, -0.25) is 4.68 Å². The largest absolute Gasteiger partial charge is 0.383 e. The summed E-state index contributed by atoms with van der Waals surface area (Å²) in [5.74, 6) is 0. The van der Waals surface area contributed by atoms with Crippen molar-refractivity contribution < 1.29 is 13.9 Å². The van der Waals surface area contributed by atoms with E-state index in [9.17, 15) is 13.9 Å². The number of nitrogens with zero attached hydrogens (tertiary/aromatic N) is 4. The average molecular weight is 321 g/mol. The van der Waals surface area contributed by atoms with Crippen molar-refractivity contribution >= 4 is 15.9 Å². The van der Waals surface area contributed by atoms with Gasteiger partial charge in [-0.25, -0.2) is 4.68 Å². The van der Waals surface area contributed by atoms with Gasteiger partial charge in [-0.2, -0.15) is 19.0 Å². The van der Waals surface area contributed by atoms with Crippen molar-refractivity contribution in [1.82, 2.24) is 19.6 Å². The van der Waals surface area contributed by atoms with Gasteiger partial charge in [0.2, 0.25) is 0 Å². The number of alkyl halides is 2. The van der Waals surface area contributed by atoms with E-state index in [0.29, 0.717) is 16.8 Å². The maximum Gasteiger partial charge on any atom is 0.333 e. The Morgan fingerprint density at radius 1 is 1.44 bits per heavy atom. The summed E-state index contributed by atoms with van der Waals surface area (Å²) in [5.41, 5.74) is 0.817. The lowest BCUT2D eigenvalue weighted by Crippen LogP contribution is -1.99. The second kappa shape index (κ2) is 5.15. The molecule has 0 fully saturated rings. The van der Waals surface area contributed by atoms with Crippen molar-refractivity contribution in [2.24, 2.45) is 0 Å². The molecule has 2 aromatic rings. The fraction of sp³-hybridized carbons (Fsp3) is 0.400. The van der Waals surface area contributed by atoms with Crippen LogP contribution in [0.4, 0.5) is 8.78 Å². The molecule has 2 rings (SSSR count). The maximum atomic E-state index is 12.5. The lowest BCUT2D eigenvalue weighted by molar-refractivity contribution is 0.0560. The predicted molar refractivity (Wildman–Crippen MR) is 63.1 cm³/mol. The van der Waals surface area contributed by atoms with E-state index in [4.69, 9.17) is 0 Å². The zero-order valence-electron chi connectivity index (χ0n) is 9.46. The fourth-order valence-corrected chi connectivity index (χ4v) is 2.04. The maximum absolute atomic E-state index is 12.5. The summed E-state index contributed by atoms with van der Waals surface area (Å²) in [7, 11) is 0. The minimum Gasteiger partial charge on any atom is -0.383 e. The molecule has 0 saturated carbocycles. The summed E-state index contributed by atoms with van der Waals surface area (Å²) in [6.07, 6.45) is 3.24. The van der Waals surface area contributed by atoms with Crippen LogP contribution in [0, 0.1) is 0 Å². The SMILES string of the molecule is CCn1cc(C(O)c2cn(C(F)F)nc2Br)cn1. The molecule has 0 aromatic carbocycles. The van der Waals surface area contributed by atoms with Gasteiger partial charge in [0.15, 0.2) is 0 Å². The summed E-state index contributed by atoms with van der Waals surface area (Å²) >= 11 is 3.05. The standard InChI is InChI=1S/C10H11BrF2N4O/c1-2-16-4-6(3-14-16)8(18)7-5-17(10(12)13)15-9(7)11/h3-5,8,10,18H,2H2,1H3. The molecule has 0 spiro atoms. The first-order valence-electron chi connectivity index (χ1n) is 5.26. The highest BCUT2D eigenvalue weighted by Crippen LogP contribution is 2.28. The monoisotopic (exact) mass is 320 g/mol. The highest BCUT2D eigenvalue weighted by Gasteiger charge is 2.21. The van der Waals surface area contributed by atoms with Crippen LogP contribution in [0.15, 0.2) is 23.2 Å². The van der Waals surface area contributed by atoms with Crippen LogP contribution in [0.1, 0.15) is 30.7 Å². The van der Waals surface area contributed by atoms with Crippen LogP contribution < -0.4 is 0 Å². The molecule has 98 valence electrons. The van der Waals surface area contributed by atoms with E-state index < -0.39 is 12.7 Å². The van der Waals surface area contributed by atoms with Crippen LogP contribution in [0.5, 0.6) is 0 Å². The summed E-state index contributed by atoms with van der Waals surface area (Å²) < 4.78 is 27.3. The summed E-state index contributed by atoms with van der Waals surface area (Å²) in [6.45, 7) is -0.154. The van der Waals surface area contributed by atoms with Crippen molar-refractivity contribution in [2.75, 3.05) is 0 Å². The minimum absolute atomic E-state index is 0.194. The number of halogens is 3. The van der Waals surface area contributed by atoms with Gasteiger partial charge in [-0.05, 0) is 22.9 Å². The summed E-state index contributed by atoms with van der Waals surface area (Å²) in [5, 5.41) is 17.7. The molecule has 1 N–H and O–H groups in total. The molecule has 0 saturated heterocycles. The molecule has 0 aliphatic heterocycles. The van der Waals surface area contributed by atoms with Crippen LogP contribution in [0.2, 0.25) is 0 Å². The molecule has 0 radical (unpaired) electrons. The number of rotatable bonds is 4. The van der Waals surface area contributed by atoms with Gasteiger partial charge in [0.05, 0.1) is 6.20 Å². The zero-order chi connectivity index (χ0) is 13.3. The molecule has 1 atom stereocenters. The first-order chi connectivity index (χ1) is 8.52. The van der Waals surface area contributed by atoms with Crippen molar-refractivity contribution in [2.45, 2.75) is 26.1 Å². The first kappa shape index (κ1) is 13.2. The molecular weight excluding hydrogens is 310 g/mol. The highest BCUT2D eigenvalue weighted by molar-refractivity contribution is 9.10. The van der Waals surface area contributed by atoms with Gasteiger partial charge in [-0.15, -0.1) is 0 Å². The van der Waals surface area contributed by atoms with Gasteiger partial charge in [0, 0.05) is 30.1 Å². The zero-order valence-corrected chi connectivity index (χ0v) is 11.0. The molecule has 18 heavy (non-hydrogen) atoms. The number of hydrogen-bond acceptors (Lipinski definition) is 3. The van der Waals surface area contributed by atoms with E-state index >= 15 is 0 Å². The highest BCUT2D eigenvalue weighted by atomic mass is 79.9. The Morgan fingerprint density at radius 2 is 2.17 bits per heavy atom. The van der Waals surface area contributed by atoms with Crippen LogP contribution in [0.25, 0.3) is 0 Å². The van der Waals surface area contributed by atoms with E-state index in [1.165, 1.54) is 6.20 Å². The molecule has 8 heteroatoms. The molecule has 0 amide bonds. The lowest BCUT2D eigenvalue weighted by atomic mass is 10.1. The topological polar surface area (TPSA) is 55.9 Å². The summed E-state index contributed by atoms with van der Waals surface area (Å²) in [4.78, 5) is 0. The number of hydrogen-bond donors (Lipinski definition) is 1. The molecule has 0 aliphatic carbocycles. The van der Waals surface area contributed by atoms with Crippen LogP contribution in [-0.2, 0) is 6.54 Å². The third-order valence-corrected chi connectivity index (χ3v) is 3.12. The second-order valence-corrected chi connectivity index (χ2v) is 4.42. The van der Waals surface area contributed by atoms with E-state index in [2.05, 4.69) is 26.1 Å². The molecule has 0 aliphatic rings. The van der Waals surface area contributed by atoms with Crippen LogP contribution in [0.3, 0.4) is 0 Å². The number of aliphatic hydroxyl groups excluding tert-OH is 1. The molecule has 2 heterocycles. The number of aliphatic hydroxyl groups is 1. The van der Waals surface area contributed by atoms with E-state index in [-0.39, 0.29) is 10.2 Å². The number of aromatic nitrogens is 4. The van der Waals surface area contributed by atoms with Crippen molar-refractivity contribution in [1.29, 1.82) is 0 Å². The second-order valence-electron chi connectivity index (χ2n) is 3.66. The van der Waals surface area contributed by atoms with E-state index in [1.54, 1.807) is 10.9 Å². The van der Waals surface area contributed by atoms with Gasteiger partial charge < -0.3 is 5.11 Å². The smallest absolute Gasteiger partial charge is 0.333 e. The third kappa shape index (κ3) is 2.44. The van der Waals surface area contributed by atoms with Gasteiger partial charge in [0.25, 0.3) is 0 Å². The quantitative estimate of drug-likeness (QED) is 0.940. The fourth-order valence-electron chi connectivity index (χ4n) is 1.54. The average Bonchev–Trinajstić information content (AvgIpc) is 2.94. The Bertz CT molecular complexity index is 540. The van der Waals surface area contributed by atoms with Gasteiger partial charge in [0.1, 0.15) is 10.7 Å². The van der Waals surface area contributed by atoms with Crippen LogP contribution >= 0.6 is 15.9 Å². The van der Waals surface area contributed by atoms with Gasteiger partial charge in [-0.1, -0.05) is 0 Å². The minimum atomic E-state index is -2.74. The lowest BCUT2D eigenvalue weighted by Gasteiger charge is -2.05. The molecular formula is C10H11BrF2N4O. The Hall–Kier alpha value is -1.28. The molecule has 1 unspecified atom stereocenters. The molecule has 5 nitrogen and oxygen atoms in total. The van der Waals surface area contributed by atoms with Crippen molar-refractivity contribution in [3.8, 4) is 0 Å². The Kier molecular flexibility index (Phi) is 3.76. The van der Waals surface area contributed by atoms with E-state index in [0.717, 1.165) is 6.20 Å². The Balaban J connectivity index is 2.30. The summed E-state index contributed by atoms with van der Waals surface area (Å²) in [6, 6.07) is 0. The third-order valence-electron chi connectivity index (χ3n) is 2.50. The predicted octanol–water partition coefficient (Wildman–Crippen LogP) is 2.34. The molecule has 0 bridgehead atoms. The van der Waals surface area contributed by atoms with Gasteiger partial charge >= 0.3 is 6.55 Å². The first-order valence-corrected chi connectivity index (χ1v) is 6.05. The van der Waals surface area contributed by atoms with Crippen LogP contribution in [-0.4, -0.2) is 24.7 Å². The van der Waals surface area contributed by atoms with E-state index in [1.807, 2.05) is 6.92 Å². The van der Waals surface area contributed by atoms with Crippen molar-refractivity contribution in [3.05, 3.63) is 34.3 Å². The Labute approximate surface area is 110 Å². The normalized spacial score (nSPS) is 13.2. The number of aryl methyl sites for hydroxylation is 1.